The van der Waals surface area contributed by atoms with E-state index in [1.807, 2.05) is 0 Å². The molecular formula is C13H30N4. The van der Waals surface area contributed by atoms with Crippen LogP contribution >= 0.6 is 0 Å². The minimum Gasteiger partial charge on any atom is -0.370 e. The summed E-state index contributed by atoms with van der Waals surface area (Å²) < 4.78 is 0. The molecule has 0 aromatic rings. The van der Waals surface area contributed by atoms with Crippen LogP contribution in [0.1, 0.15) is 34.1 Å². The molecule has 0 heterocycles. The van der Waals surface area contributed by atoms with Crippen LogP contribution < -0.4 is 11.1 Å². The molecule has 0 aliphatic heterocycles. The zero-order chi connectivity index (χ0) is 13.4. The Balaban J connectivity index is 4.07. The van der Waals surface area contributed by atoms with E-state index < -0.39 is 0 Å². The van der Waals surface area contributed by atoms with Gasteiger partial charge in [-0.05, 0) is 32.4 Å². The number of nitrogens with zero attached hydrogens (tertiary/aromatic N) is 2. The molecule has 0 amide bonds. The number of likely N-dealkylation sites (N-methyl/N-ethyl adjacent to an activating group) is 1. The van der Waals surface area contributed by atoms with Gasteiger partial charge in [0.2, 0.25) is 0 Å². The summed E-state index contributed by atoms with van der Waals surface area (Å²) in [7, 11) is 4.21. The highest BCUT2D eigenvalue weighted by Gasteiger charge is 2.13. The highest BCUT2D eigenvalue weighted by molar-refractivity contribution is 5.77. The summed E-state index contributed by atoms with van der Waals surface area (Å²) in [4.78, 5) is 6.54. The largest absolute Gasteiger partial charge is 0.370 e. The van der Waals surface area contributed by atoms with Crippen LogP contribution in [0.5, 0.6) is 0 Å². The van der Waals surface area contributed by atoms with E-state index in [-0.39, 0.29) is 0 Å². The molecule has 0 saturated carbocycles. The van der Waals surface area contributed by atoms with E-state index in [4.69, 9.17) is 5.73 Å². The molecule has 0 saturated heterocycles. The molecule has 0 aliphatic rings. The normalized spacial score (nSPS) is 14.8. The molecule has 0 spiro atoms. The van der Waals surface area contributed by atoms with Gasteiger partial charge in [0.05, 0.1) is 0 Å². The van der Waals surface area contributed by atoms with E-state index in [9.17, 15) is 0 Å². The molecule has 0 fully saturated rings. The smallest absolute Gasteiger partial charge is 0.188 e. The molecule has 0 radical (unpaired) electrons. The van der Waals surface area contributed by atoms with Crippen molar-refractivity contribution in [3.8, 4) is 0 Å². The van der Waals surface area contributed by atoms with Gasteiger partial charge in [-0.1, -0.05) is 27.7 Å². The van der Waals surface area contributed by atoms with Crippen LogP contribution in [0.2, 0.25) is 0 Å². The first-order valence-corrected chi connectivity index (χ1v) is 6.53. The minimum absolute atomic E-state index is 0.503. The van der Waals surface area contributed by atoms with E-state index in [0.717, 1.165) is 19.5 Å². The number of rotatable bonds is 7. The van der Waals surface area contributed by atoms with Gasteiger partial charge in [0.15, 0.2) is 5.96 Å². The zero-order valence-electron chi connectivity index (χ0n) is 12.3. The van der Waals surface area contributed by atoms with Gasteiger partial charge in [-0.2, -0.15) is 0 Å². The molecule has 3 N–H and O–H groups in total. The van der Waals surface area contributed by atoms with Crippen molar-refractivity contribution in [2.75, 3.05) is 27.2 Å². The molecule has 4 heteroatoms. The van der Waals surface area contributed by atoms with Crippen molar-refractivity contribution in [2.45, 2.75) is 40.2 Å². The van der Waals surface area contributed by atoms with Crippen LogP contribution in [0.15, 0.2) is 4.99 Å². The van der Waals surface area contributed by atoms with Gasteiger partial charge in [-0.15, -0.1) is 0 Å². The Kier molecular flexibility index (Phi) is 7.96. The Morgan fingerprint density at radius 3 is 2.18 bits per heavy atom. The molecule has 0 bridgehead atoms. The van der Waals surface area contributed by atoms with Crippen molar-refractivity contribution >= 4 is 5.96 Å². The lowest BCUT2D eigenvalue weighted by Crippen LogP contribution is -2.43. The molecule has 17 heavy (non-hydrogen) atoms. The first kappa shape index (κ1) is 16.2. The Labute approximate surface area is 107 Å². The van der Waals surface area contributed by atoms with E-state index in [0.29, 0.717) is 23.8 Å². The molecule has 1 unspecified atom stereocenters. The second kappa shape index (κ2) is 8.34. The van der Waals surface area contributed by atoms with Crippen molar-refractivity contribution in [3.05, 3.63) is 0 Å². The average molecular weight is 242 g/mol. The fraction of sp³-hybridized carbons (Fsp3) is 0.923. The predicted molar refractivity (Wildman–Crippen MR) is 76.3 cm³/mol. The van der Waals surface area contributed by atoms with Crippen LogP contribution in [0, 0.1) is 11.8 Å². The molecule has 0 aromatic carbocycles. The first-order valence-electron chi connectivity index (χ1n) is 6.53. The van der Waals surface area contributed by atoms with Crippen LogP contribution in [0.4, 0.5) is 0 Å². The summed E-state index contributed by atoms with van der Waals surface area (Å²) in [6.45, 7) is 10.4. The monoisotopic (exact) mass is 242 g/mol. The molecule has 0 aliphatic carbocycles. The van der Waals surface area contributed by atoms with Gasteiger partial charge < -0.3 is 16.0 Å². The lowest BCUT2D eigenvalue weighted by molar-refractivity contribution is 0.254. The Bertz CT molecular complexity index is 221. The molecular weight excluding hydrogens is 212 g/mol. The number of nitrogens with one attached hydrogen (secondary N) is 1. The second-order valence-electron chi connectivity index (χ2n) is 5.75. The topological polar surface area (TPSA) is 53.6 Å². The van der Waals surface area contributed by atoms with Gasteiger partial charge in [-0.25, -0.2) is 0 Å². The molecule has 102 valence electrons. The van der Waals surface area contributed by atoms with Crippen molar-refractivity contribution in [3.63, 3.8) is 0 Å². The predicted octanol–water partition coefficient (Wildman–Crippen LogP) is 1.52. The Morgan fingerprint density at radius 1 is 1.18 bits per heavy atom. The number of hydrogen-bond acceptors (Lipinski definition) is 2. The average Bonchev–Trinajstić information content (AvgIpc) is 2.20. The SMILES string of the molecule is CC(C)CN=C(N)NCC(CC(C)C)N(C)C. The maximum atomic E-state index is 5.82. The highest BCUT2D eigenvalue weighted by Crippen LogP contribution is 2.07. The van der Waals surface area contributed by atoms with E-state index in [1.54, 1.807) is 0 Å². The summed E-state index contributed by atoms with van der Waals surface area (Å²) in [6.07, 6.45) is 1.16. The van der Waals surface area contributed by atoms with Crippen molar-refractivity contribution in [1.82, 2.24) is 10.2 Å². The fourth-order valence-corrected chi connectivity index (χ4v) is 1.58. The third-order valence-electron chi connectivity index (χ3n) is 2.62. The van der Waals surface area contributed by atoms with Crippen LogP contribution in [-0.4, -0.2) is 44.1 Å². The zero-order valence-corrected chi connectivity index (χ0v) is 12.3. The summed E-state index contributed by atoms with van der Waals surface area (Å²) in [5.74, 6) is 1.81. The number of guanidine groups is 1. The maximum Gasteiger partial charge on any atom is 0.188 e. The lowest BCUT2D eigenvalue weighted by Gasteiger charge is -2.26. The summed E-state index contributed by atoms with van der Waals surface area (Å²) in [6, 6.07) is 0.503. The third kappa shape index (κ3) is 8.98. The molecule has 0 aromatic heterocycles. The Hall–Kier alpha value is -0.770. The van der Waals surface area contributed by atoms with Crippen molar-refractivity contribution < 1.29 is 0 Å². The first-order chi connectivity index (χ1) is 7.82. The van der Waals surface area contributed by atoms with Crippen molar-refractivity contribution in [2.24, 2.45) is 22.6 Å². The molecule has 1 atom stereocenters. The minimum atomic E-state index is 0.503. The maximum absolute atomic E-state index is 5.82. The molecule has 0 rings (SSSR count). The van der Waals surface area contributed by atoms with Crippen LogP contribution in [-0.2, 0) is 0 Å². The standard InChI is InChI=1S/C13H30N4/c1-10(2)7-12(17(5)6)9-16-13(14)15-8-11(3)4/h10-12H,7-9H2,1-6H3,(H3,14,15,16). The summed E-state index contributed by atoms with van der Waals surface area (Å²) in [5.41, 5.74) is 5.82. The fourth-order valence-electron chi connectivity index (χ4n) is 1.58. The lowest BCUT2D eigenvalue weighted by atomic mass is 10.0. The van der Waals surface area contributed by atoms with Gasteiger partial charge in [0.1, 0.15) is 0 Å². The number of aliphatic imine (C=N–C) groups is 1. The van der Waals surface area contributed by atoms with Crippen LogP contribution in [0.25, 0.3) is 0 Å². The highest BCUT2D eigenvalue weighted by atomic mass is 15.2. The van der Waals surface area contributed by atoms with E-state index in [1.165, 1.54) is 0 Å². The van der Waals surface area contributed by atoms with Gasteiger partial charge in [0, 0.05) is 19.1 Å². The third-order valence-corrected chi connectivity index (χ3v) is 2.62. The van der Waals surface area contributed by atoms with Gasteiger partial charge in [0.25, 0.3) is 0 Å². The Morgan fingerprint density at radius 2 is 1.76 bits per heavy atom. The van der Waals surface area contributed by atoms with Gasteiger partial charge >= 0.3 is 0 Å². The summed E-state index contributed by atoms with van der Waals surface area (Å²) in [5, 5.41) is 3.21. The van der Waals surface area contributed by atoms with Crippen LogP contribution in [0.3, 0.4) is 0 Å². The van der Waals surface area contributed by atoms with E-state index in [2.05, 4.69) is 57.0 Å². The van der Waals surface area contributed by atoms with E-state index >= 15 is 0 Å². The number of hydrogen-bond donors (Lipinski definition) is 2. The number of nitrogens with two attached hydrogens (primary N) is 1. The quantitative estimate of drug-likeness (QED) is 0.526. The summed E-state index contributed by atoms with van der Waals surface area (Å²) >= 11 is 0. The van der Waals surface area contributed by atoms with Crippen molar-refractivity contribution in [1.29, 1.82) is 0 Å². The molecule has 4 nitrogen and oxygen atoms in total. The second-order valence-corrected chi connectivity index (χ2v) is 5.75. The van der Waals surface area contributed by atoms with Gasteiger partial charge in [-0.3, -0.25) is 4.99 Å².